The second-order valence-electron chi connectivity index (χ2n) is 5.93. The number of rotatable bonds is 5. The molecule has 0 radical (unpaired) electrons. The van der Waals surface area contributed by atoms with E-state index in [1.54, 1.807) is 40.5 Å². The van der Waals surface area contributed by atoms with Gasteiger partial charge in [-0.3, -0.25) is 9.59 Å². The molecule has 6 heteroatoms. The van der Waals surface area contributed by atoms with Crippen LogP contribution in [-0.2, 0) is 16.9 Å². The largest absolute Gasteiger partial charge is 0.375 e. The van der Waals surface area contributed by atoms with Crippen LogP contribution in [0.3, 0.4) is 0 Å². The van der Waals surface area contributed by atoms with Crippen LogP contribution in [0.25, 0.3) is 0 Å². The minimum atomic E-state index is -1.81. The predicted molar refractivity (Wildman–Crippen MR) is 99.1 cm³/mol. The summed E-state index contributed by atoms with van der Waals surface area (Å²) in [5.74, 6) is -0.661. The lowest BCUT2D eigenvalue weighted by Gasteiger charge is -2.22. The summed E-state index contributed by atoms with van der Waals surface area (Å²) >= 11 is 2.87. The van der Waals surface area contributed by atoms with Gasteiger partial charge in [-0.1, -0.05) is 30.3 Å². The molecule has 1 N–H and O–H groups in total. The molecule has 4 rings (SSSR count). The molecule has 25 heavy (non-hydrogen) atoms. The number of para-hydroxylation sites is 1. The highest BCUT2D eigenvalue weighted by molar-refractivity contribution is 7.12. The second kappa shape index (κ2) is 6.22. The van der Waals surface area contributed by atoms with Crippen molar-refractivity contribution in [3.05, 3.63) is 74.6 Å². The zero-order valence-corrected chi connectivity index (χ0v) is 14.8. The Morgan fingerprint density at radius 2 is 1.80 bits per heavy atom. The number of nitrogens with zero attached hydrogens (tertiary/aromatic N) is 1. The minimum Gasteiger partial charge on any atom is -0.375 e. The van der Waals surface area contributed by atoms with E-state index in [9.17, 15) is 14.7 Å². The smallest absolute Gasteiger partial charge is 0.264 e. The van der Waals surface area contributed by atoms with Gasteiger partial charge >= 0.3 is 0 Å². The van der Waals surface area contributed by atoms with Gasteiger partial charge in [0.1, 0.15) is 0 Å². The standard InChI is InChI=1S/C19H15NO3S2/c21-16(17-8-4-10-25-17)11-19(23)14-6-1-2-7-15(14)20(18(19)22)12-13-5-3-9-24-13/h1-10,23H,11-12H2/t19-/m1/s1. The number of amides is 1. The summed E-state index contributed by atoms with van der Waals surface area (Å²) < 4.78 is 0. The highest BCUT2D eigenvalue weighted by Gasteiger charge is 2.50. The van der Waals surface area contributed by atoms with Crippen molar-refractivity contribution >= 4 is 40.1 Å². The lowest BCUT2D eigenvalue weighted by molar-refractivity contribution is -0.136. The Labute approximate surface area is 153 Å². The number of hydrogen-bond donors (Lipinski definition) is 1. The number of carbonyl (C=O) groups is 2. The predicted octanol–water partition coefficient (Wildman–Crippen LogP) is 3.82. The first-order valence-electron chi connectivity index (χ1n) is 7.82. The quantitative estimate of drug-likeness (QED) is 0.696. The van der Waals surface area contributed by atoms with Crippen molar-refractivity contribution in [2.45, 2.75) is 18.6 Å². The van der Waals surface area contributed by atoms with Gasteiger partial charge in [0, 0.05) is 10.4 Å². The Morgan fingerprint density at radius 3 is 2.52 bits per heavy atom. The van der Waals surface area contributed by atoms with Gasteiger partial charge in [0.25, 0.3) is 5.91 Å². The van der Waals surface area contributed by atoms with Crippen LogP contribution in [-0.4, -0.2) is 16.8 Å². The maximum absolute atomic E-state index is 13.0. The molecule has 4 nitrogen and oxygen atoms in total. The number of anilines is 1. The Balaban J connectivity index is 1.70. The van der Waals surface area contributed by atoms with Crippen LogP contribution in [0.1, 0.15) is 26.5 Å². The number of carbonyl (C=O) groups excluding carboxylic acids is 2. The third kappa shape index (κ3) is 2.72. The highest BCUT2D eigenvalue weighted by atomic mass is 32.1. The van der Waals surface area contributed by atoms with Gasteiger partial charge in [-0.25, -0.2) is 0 Å². The number of ketones is 1. The van der Waals surface area contributed by atoms with Crippen LogP contribution in [0.4, 0.5) is 5.69 Å². The zero-order valence-electron chi connectivity index (χ0n) is 13.2. The van der Waals surface area contributed by atoms with E-state index in [1.807, 2.05) is 35.0 Å². The van der Waals surface area contributed by atoms with Crippen molar-refractivity contribution in [2.24, 2.45) is 0 Å². The van der Waals surface area contributed by atoms with Crippen molar-refractivity contribution < 1.29 is 14.7 Å². The van der Waals surface area contributed by atoms with E-state index in [0.717, 1.165) is 4.88 Å². The Kier molecular flexibility index (Phi) is 4.03. The molecule has 0 spiro atoms. The molecule has 1 atom stereocenters. The van der Waals surface area contributed by atoms with Crippen LogP contribution in [0.2, 0.25) is 0 Å². The van der Waals surface area contributed by atoms with Crippen LogP contribution < -0.4 is 4.90 Å². The van der Waals surface area contributed by atoms with E-state index < -0.39 is 11.5 Å². The van der Waals surface area contributed by atoms with Gasteiger partial charge in [-0.05, 0) is 29.0 Å². The molecular weight excluding hydrogens is 354 g/mol. The summed E-state index contributed by atoms with van der Waals surface area (Å²) in [6.07, 6.45) is -0.246. The van der Waals surface area contributed by atoms with E-state index in [4.69, 9.17) is 0 Å². The molecule has 1 aliphatic heterocycles. The minimum absolute atomic E-state index is 0.223. The normalized spacial score (nSPS) is 19.2. The first-order valence-corrected chi connectivity index (χ1v) is 9.58. The monoisotopic (exact) mass is 369 g/mol. The molecule has 1 aliphatic rings. The summed E-state index contributed by atoms with van der Waals surface area (Å²) in [7, 11) is 0. The Bertz CT molecular complexity index is 918. The third-order valence-electron chi connectivity index (χ3n) is 4.35. The molecule has 1 aromatic carbocycles. The van der Waals surface area contributed by atoms with Gasteiger partial charge in [0.05, 0.1) is 23.5 Å². The van der Waals surface area contributed by atoms with E-state index in [0.29, 0.717) is 22.7 Å². The van der Waals surface area contributed by atoms with Crippen LogP contribution >= 0.6 is 22.7 Å². The molecule has 0 fully saturated rings. The second-order valence-corrected chi connectivity index (χ2v) is 7.91. The number of fused-ring (bicyclic) bond motifs is 1. The molecule has 0 saturated carbocycles. The van der Waals surface area contributed by atoms with Gasteiger partial charge in [0.15, 0.2) is 11.4 Å². The van der Waals surface area contributed by atoms with Crippen molar-refractivity contribution in [2.75, 3.05) is 4.90 Å². The molecular formula is C19H15NO3S2. The number of aliphatic hydroxyl groups is 1. The lowest BCUT2D eigenvalue weighted by Crippen LogP contribution is -2.41. The Hall–Kier alpha value is -2.28. The van der Waals surface area contributed by atoms with E-state index in [2.05, 4.69) is 0 Å². The van der Waals surface area contributed by atoms with Gasteiger partial charge in [0.2, 0.25) is 0 Å². The molecule has 2 aromatic heterocycles. The van der Waals surface area contributed by atoms with E-state index >= 15 is 0 Å². The van der Waals surface area contributed by atoms with Crippen molar-refractivity contribution in [3.8, 4) is 0 Å². The zero-order chi connectivity index (χ0) is 17.4. The van der Waals surface area contributed by atoms with Gasteiger partial charge in [-0.2, -0.15) is 0 Å². The summed E-state index contributed by atoms with van der Waals surface area (Å²) in [6, 6.07) is 14.5. The first-order chi connectivity index (χ1) is 12.1. The van der Waals surface area contributed by atoms with Gasteiger partial charge in [-0.15, -0.1) is 22.7 Å². The SMILES string of the molecule is O=C(C[C@]1(O)C(=O)N(Cc2cccs2)c2ccccc21)c1cccs1. The summed E-state index contributed by atoms with van der Waals surface area (Å²) in [4.78, 5) is 28.7. The van der Waals surface area contributed by atoms with Crippen LogP contribution in [0, 0.1) is 0 Å². The van der Waals surface area contributed by atoms with Crippen LogP contribution in [0.15, 0.2) is 59.3 Å². The van der Waals surface area contributed by atoms with E-state index in [1.165, 1.54) is 11.3 Å². The van der Waals surface area contributed by atoms with Crippen molar-refractivity contribution in [3.63, 3.8) is 0 Å². The van der Waals surface area contributed by atoms with Crippen molar-refractivity contribution in [1.29, 1.82) is 0 Å². The number of hydrogen-bond acceptors (Lipinski definition) is 5. The molecule has 126 valence electrons. The number of benzene rings is 1. The molecule has 1 amide bonds. The molecule has 0 unspecified atom stereocenters. The molecule has 3 aromatic rings. The summed E-state index contributed by atoms with van der Waals surface area (Å²) in [5, 5.41) is 14.9. The maximum Gasteiger partial charge on any atom is 0.264 e. The topological polar surface area (TPSA) is 57.6 Å². The highest BCUT2D eigenvalue weighted by Crippen LogP contribution is 2.43. The van der Waals surface area contributed by atoms with Crippen LogP contribution in [0.5, 0.6) is 0 Å². The number of Topliss-reactive ketones (excluding diaryl/α,β-unsaturated/α-hetero) is 1. The molecule has 0 aliphatic carbocycles. The fourth-order valence-corrected chi connectivity index (χ4v) is 4.51. The fourth-order valence-electron chi connectivity index (χ4n) is 3.15. The summed E-state index contributed by atoms with van der Waals surface area (Å²) in [6.45, 7) is 0.392. The third-order valence-corrected chi connectivity index (χ3v) is 6.12. The Morgan fingerprint density at radius 1 is 1.04 bits per heavy atom. The fraction of sp³-hybridized carbons (Fsp3) is 0.158. The molecule has 0 saturated heterocycles. The van der Waals surface area contributed by atoms with E-state index in [-0.39, 0.29) is 12.2 Å². The summed E-state index contributed by atoms with van der Waals surface area (Å²) in [5.41, 5.74) is -0.640. The average molecular weight is 369 g/mol. The average Bonchev–Trinajstić information content (AvgIpc) is 3.35. The lowest BCUT2D eigenvalue weighted by atomic mass is 9.89. The molecule has 3 heterocycles. The number of thiophene rings is 2. The van der Waals surface area contributed by atoms with Crippen molar-refractivity contribution in [1.82, 2.24) is 0 Å². The first kappa shape index (κ1) is 16.2. The molecule has 0 bridgehead atoms. The van der Waals surface area contributed by atoms with Gasteiger partial charge < -0.3 is 10.0 Å². The maximum atomic E-state index is 13.0.